The summed E-state index contributed by atoms with van der Waals surface area (Å²) in [4.78, 5) is 12.9. The van der Waals surface area contributed by atoms with Crippen LogP contribution in [-0.4, -0.2) is 26.4 Å². The van der Waals surface area contributed by atoms with Crippen molar-refractivity contribution in [3.05, 3.63) is 89.7 Å². The number of carbonyl (C=O) groups excluding carboxylic acids is 1. The number of rotatable bonds is 8. The Morgan fingerprint density at radius 1 is 1.03 bits per heavy atom. The molecule has 1 N–H and O–H groups in total. The van der Waals surface area contributed by atoms with Gasteiger partial charge >= 0.3 is 0 Å². The molecular formula is C24H24N4O2S. The third-order valence-corrected chi connectivity index (χ3v) is 5.92. The van der Waals surface area contributed by atoms with Gasteiger partial charge in [0.1, 0.15) is 0 Å². The molecule has 0 saturated heterocycles. The number of carbonyl (C=O) groups is 1. The highest BCUT2D eigenvalue weighted by Crippen LogP contribution is 2.26. The van der Waals surface area contributed by atoms with Gasteiger partial charge in [0.05, 0.1) is 18.1 Å². The first-order chi connectivity index (χ1) is 15.2. The number of aromatic nitrogens is 3. The maximum atomic E-state index is 12.9. The molecule has 0 bridgehead atoms. The number of aryl methyl sites for hydroxylation is 1. The molecule has 0 aliphatic carbocycles. The van der Waals surface area contributed by atoms with Crippen LogP contribution in [-0.2, 0) is 11.3 Å². The Balaban J connectivity index is 1.48. The molecule has 1 amide bonds. The van der Waals surface area contributed by atoms with Crippen LogP contribution >= 0.6 is 11.8 Å². The van der Waals surface area contributed by atoms with E-state index in [0.29, 0.717) is 23.3 Å². The van der Waals surface area contributed by atoms with E-state index >= 15 is 0 Å². The van der Waals surface area contributed by atoms with Crippen molar-refractivity contribution in [2.24, 2.45) is 0 Å². The van der Waals surface area contributed by atoms with Crippen molar-refractivity contribution < 1.29 is 9.21 Å². The molecule has 1 atom stereocenters. The fourth-order valence-electron chi connectivity index (χ4n) is 3.36. The molecule has 158 valence electrons. The van der Waals surface area contributed by atoms with E-state index in [4.69, 9.17) is 4.42 Å². The summed E-state index contributed by atoms with van der Waals surface area (Å²) in [6.45, 7) is 4.75. The second kappa shape index (κ2) is 9.66. The molecule has 0 aliphatic rings. The Hall–Kier alpha value is -3.32. The second-order valence-electron chi connectivity index (χ2n) is 7.14. The van der Waals surface area contributed by atoms with Gasteiger partial charge in [0.15, 0.2) is 16.7 Å². The summed E-state index contributed by atoms with van der Waals surface area (Å²) in [6, 6.07) is 21.7. The van der Waals surface area contributed by atoms with Crippen LogP contribution in [0, 0.1) is 6.92 Å². The molecule has 2 aromatic carbocycles. The Morgan fingerprint density at radius 3 is 2.45 bits per heavy atom. The molecule has 2 heterocycles. The average Bonchev–Trinajstić information content (AvgIpc) is 3.47. The number of furan rings is 1. The van der Waals surface area contributed by atoms with Crippen LogP contribution in [0.3, 0.4) is 0 Å². The molecule has 0 radical (unpaired) electrons. The lowest BCUT2D eigenvalue weighted by Gasteiger charge is -2.20. The zero-order chi connectivity index (χ0) is 21.6. The van der Waals surface area contributed by atoms with Crippen LogP contribution in [0.1, 0.15) is 29.7 Å². The maximum absolute atomic E-state index is 12.9. The molecule has 6 nitrogen and oxygen atoms in total. The molecular weight excluding hydrogens is 408 g/mol. The van der Waals surface area contributed by atoms with Gasteiger partial charge in [0, 0.05) is 6.54 Å². The van der Waals surface area contributed by atoms with E-state index in [9.17, 15) is 4.79 Å². The molecule has 1 unspecified atom stereocenters. The highest BCUT2D eigenvalue weighted by Gasteiger charge is 2.19. The summed E-state index contributed by atoms with van der Waals surface area (Å²) in [7, 11) is 0. The van der Waals surface area contributed by atoms with Gasteiger partial charge in [0.25, 0.3) is 0 Å². The second-order valence-corrected chi connectivity index (χ2v) is 8.08. The Bertz CT molecular complexity index is 1120. The number of hydrogen-bond donors (Lipinski definition) is 1. The molecule has 4 rings (SSSR count). The van der Waals surface area contributed by atoms with Crippen molar-refractivity contribution in [2.45, 2.75) is 31.6 Å². The summed E-state index contributed by atoms with van der Waals surface area (Å²) < 4.78 is 7.40. The molecule has 0 fully saturated rings. The van der Waals surface area contributed by atoms with E-state index in [1.807, 2.05) is 54.0 Å². The van der Waals surface area contributed by atoms with Crippen LogP contribution in [0.2, 0.25) is 0 Å². The third-order valence-electron chi connectivity index (χ3n) is 4.96. The smallest absolute Gasteiger partial charge is 0.231 e. The predicted octanol–water partition coefficient (Wildman–Crippen LogP) is 4.86. The van der Waals surface area contributed by atoms with E-state index in [1.165, 1.54) is 17.3 Å². The number of amides is 1. The fourth-order valence-corrected chi connectivity index (χ4v) is 4.18. The lowest BCUT2D eigenvalue weighted by Crippen LogP contribution is -2.30. The van der Waals surface area contributed by atoms with E-state index in [0.717, 1.165) is 11.1 Å². The first kappa shape index (κ1) is 20.9. The zero-order valence-electron chi connectivity index (χ0n) is 17.5. The number of benzene rings is 2. The summed E-state index contributed by atoms with van der Waals surface area (Å²) in [5.74, 6) is 1.50. The van der Waals surface area contributed by atoms with Gasteiger partial charge in [-0.25, -0.2) is 0 Å². The van der Waals surface area contributed by atoms with Crippen LogP contribution < -0.4 is 5.32 Å². The van der Waals surface area contributed by atoms with Gasteiger partial charge in [-0.05, 0) is 37.1 Å². The summed E-state index contributed by atoms with van der Waals surface area (Å²) in [6.07, 6.45) is 1.61. The normalized spacial score (nSPS) is 11.9. The number of nitrogens with one attached hydrogen (secondary N) is 1. The minimum atomic E-state index is -0.211. The minimum absolute atomic E-state index is 0.0652. The zero-order valence-corrected chi connectivity index (χ0v) is 18.3. The van der Waals surface area contributed by atoms with Crippen molar-refractivity contribution in [1.29, 1.82) is 0 Å². The van der Waals surface area contributed by atoms with Gasteiger partial charge in [-0.2, -0.15) is 0 Å². The van der Waals surface area contributed by atoms with Gasteiger partial charge in [-0.15, -0.1) is 10.2 Å². The van der Waals surface area contributed by atoms with Crippen molar-refractivity contribution in [1.82, 2.24) is 20.1 Å². The van der Waals surface area contributed by atoms with E-state index in [2.05, 4.69) is 46.7 Å². The molecule has 0 aliphatic heterocycles. The summed E-state index contributed by atoms with van der Waals surface area (Å²) >= 11 is 1.37. The van der Waals surface area contributed by atoms with Gasteiger partial charge in [-0.1, -0.05) is 71.9 Å². The van der Waals surface area contributed by atoms with Crippen LogP contribution in [0.25, 0.3) is 11.6 Å². The highest BCUT2D eigenvalue weighted by atomic mass is 32.2. The molecule has 7 heteroatoms. The lowest BCUT2D eigenvalue weighted by atomic mass is 9.98. The Kier molecular flexibility index (Phi) is 6.52. The topological polar surface area (TPSA) is 73.0 Å². The molecule has 31 heavy (non-hydrogen) atoms. The van der Waals surface area contributed by atoms with Gasteiger partial charge < -0.3 is 9.73 Å². The maximum Gasteiger partial charge on any atom is 0.231 e. The van der Waals surface area contributed by atoms with Crippen LogP contribution in [0.5, 0.6) is 0 Å². The highest BCUT2D eigenvalue weighted by molar-refractivity contribution is 7.99. The number of thioether (sulfide) groups is 1. The summed E-state index contributed by atoms with van der Waals surface area (Å²) in [5.41, 5.74) is 3.28. The van der Waals surface area contributed by atoms with Gasteiger partial charge in [0.2, 0.25) is 5.91 Å². The molecule has 4 aromatic rings. The average molecular weight is 433 g/mol. The predicted molar refractivity (Wildman–Crippen MR) is 122 cm³/mol. The third kappa shape index (κ3) is 4.88. The van der Waals surface area contributed by atoms with E-state index in [1.54, 1.807) is 6.26 Å². The van der Waals surface area contributed by atoms with Crippen molar-refractivity contribution in [3.8, 4) is 11.6 Å². The Labute approximate surface area is 185 Å². The van der Waals surface area contributed by atoms with Crippen molar-refractivity contribution in [2.75, 3.05) is 5.75 Å². The van der Waals surface area contributed by atoms with Gasteiger partial charge in [-0.3, -0.25) is 9.36 Å². The first-order valence-corrected chi connectivity index (χ1v) is 11.1. The fraction of sp³-hybridized carbons (Fsp3) is 0.208. The largest absolute Gasteiger partial charge is 0.461 e. The van der Waals surface area contributed by atoms with E-state index < -0.39 is 0 Å². The SMILES string of the molecule is CCn1c(SCC(=O)NC(c2ccccc2)c2ccc(C)cc2)nnc1-c1ccco1. The van der Waals surface area contributed by atoms with Crippen molar-refractivity contribution >= 4 is 17.7 Å². The first-order valence-electron chi connectivity index (χ1n) is 10.2. The number of nitrogens with zero attached hydrogens (tertiary/aromatic N) is 3. The molecule has 0 spiro atoms. The Morgan fingerprint density at radius 2 is 1.77 bits per heavy atom. The lowest BCUT2D eigenvalue weighted by molar-refractivity contribution is -0.119. The quantitative estimate of drug-likeness (QED) is 0.402. The monoisotopic (exact) mass is 432 g/mol. The van der Waals surface area contributed by atoms with Crippen LogP contribution in [0.4, 0.5) is 0 Å². The minimum Gasteiger partial charge on any atom is -0.461 e. The van der Waals surface area contributed by atoms with Crippen molar-refractivity contribution in [3.63, 3.8) is 0 Å². The molecule has 0 saturated carbocycles. The standard InChI is InChI=1S/C24H24N4O2S/c1-3-28-23(20-10-7-15-30-20)26-27-24(28)31-16-21(29)25-22(18-8-5-4-6-9-18)19-13-11-17(2)12-14-19/h4-15,22H,3,16H2,1-2H3,(H,25,29). The summed E-state index contributed by atoms with van der Waals surface area (Å²) in [5, 5.41) is 12.4. The van der Waals surface area contributed by atoms with Crippen LogP contribution in [0.15, 0.2) is 82.6 Å². The van der Waals surface area contributed by atoms with E-state index in [-0.39, 0.29) is 17.7 Å². The number of hydrogen-bond acceptors (Lipinski definition) is 5. The molecule has 2 aromatic heterocycles.